The van der Waals surface area contributed by atoms with Gasteiger partial charge in [0.1, 0.15) is 47.0 Å². The Morgan fingerprint density at radius 3 is 1.66 bits per heavy atom. The minimum absolute atomic E-state index is 0.0457. The Bertz CT molecular complexity index is 2750. The van der Waals surface area contributed by atoms with Crippen molar-refractivity contribution in [3.05, 3.63) is 121 Å². The number of aromatic carboxylic acids is 4. The largest absolute Gasteiger partial charge is 0.495 e. The smallest absolute Gasteiger partial charge is 0.339 e. The third-order valence-electron chi connectivity index (χ3n) is 18.9. The number of ether oxygens (including phenoxy) is 4. The third-order valence-corrected chi connectivity index (χ3v) is 19.4. The van der Waals surface area contributed by atoms with Gasteiger partial charge in [0.2, 0.25) is 0 Å². The zero-order valence-electron chi connectivity index (χ0n) is 45.6. The lowest BCUT2D eigenvalue weighted by Gasteiger charge is -2.61. The van der Waals surface area contributed by atoms with Gasteiger partial charge in [0.15, 0.2) is 11.5 Å². The molecule has 0 radical (unpaired) electrons. The van der Waals surface area contributed by atoms with Crippen LogP contribution < -0.4 is 18.9 Å². The summed E-state index contributed by atoms with van der Waals surface area (Å²) in [5, 5.41) is 40.8. The number of rotatable bonds is 22. The van der Waals surface area contributed by atoms with Crippen LogP contribution in [0.2, 0.25) is 10.0 Å². The first-order chi connectivity index (χ1) is 36.7. The van der Waals surface area contributed by atoms with E-state index in [1.54, 1.807) is 24.3 Å². The van der Waals surface area contributed by atoms with Gasteiger partial charge < -0.3 is 39.4 Å². The number of benzene rings is 4. The summed E-state index contributed by atoms with van der Waals surface area (Å²) in [6, 6.07) is 15.1. The maximum atomic E-state index is 13.1. The monoisotopic (exact) mass is 1090 g/mol. The van der Waals surface area contributed by atoms with Crippen molar-refractivity contribution in [1.29, 1.82) is 0 Å². The first-order valence-corrected chi connectivity index (χ1v) is 28.3. The predicted molar refractivity (Wildman–Crippen MR) is 298 cm³/mol. The minimum atomic E-state index is -1.34. The van der Waals surface area contributed by atoms with Crippen molar-refractivity contribution < 1.29 is 58.6 Å². The SMILES string of the molecule is COc1c(COc2c(Cl)cc(C(=CCC[C@H]3CC[C@@]4(C)C(CCC5C4CC[C@@]4(C)C5CC[C@@H]4C(C)CCCC(C)C)C3)c3cc(Cl)c(OCc4cccc(C(=O)O)c4OC)c(C(=O)O)c3)cc2C(=O)O)cccc1C(=O)O. The highest BCUT2D eigenvalue weighted by atomic mass is 35.5. The first kappa shape index (κ1) is 57.5. The molecule has 4 aromatic carbocycles. The topological polar surface area (TPSA) is 186 Å². The van der Waals surface area contributed by atoms with E-state index in [9.17, 15) is 39.6 Å². The number of hydrogen-bond donors (Lipinski definition) is 4. The van der Waals surface area contributed by atoms with E-state index in [4.69, 9.17) is 42.1 Å². The molecular weight excluding hydrogens is 1020 g/mol. The van der Waals surface area contributed by atoms with Gasteiger partial charge in [-0.1, -0.05) is 107 Å². The van der Waals surface area contributed by atoms with Gasteiger partial charge in [0.05, 0.1) is 24.3 Å². The second-order valence-electron chi connectivity index (χ2n) is 23.5. The van der Waals surface area contributed by atoms with Gasteiger partial charge >= 0.3 is 23.9 Å². The standard InChI is InChI=1S/C63H76Cl2O12/c1-35(2)12-8-13-36(3)49-22-23-50-44-21-20-42-28-37(24-26-62(42,4)51(44)25-27-63(49,50)5)14-9-17-43(40-29-47(60(70)71)56(52(64)31-40)76-33-38-15-10-18-45(58(66)67)54(38)74-6)41-30-48(61(72)73)57(53(65)32-41)77-34-39-16-11-19-46(59(68)69)55(39)75-7/h10-11,15-19,29-32,35-37,42,44,49-51H,8-9,12-14,20-28,33-34H2,1-7H3,(H,66,67)(H,68,69)(H,70,71)(H,72,73)/t36?,37-,42?,44?,49+,50?,51?,62-,63+/m0/s1. The van der Waals surface area contributed by atoms with Gasteiger partial charge in [-0.25, -0.2) is 19.2 Å². The molecule has 4 aromatic rings. The lowest BCUT2D eigenvalue weighted by Crippen LogP contribution is -2.53. The summed E-state index contributed by atoms with van der Waals surface area (Å²) in [6.45, 7) is 12.0. The van der Waals surface area contributed by atoms with Crippen molar-refractivity contribution in [3.8, 4) is 23.0 Å². The Balaban J connectivity index is 1.06. The Morgan fingerprint density at radius 2 is 1.16 bits per heavy atom. The van der Waals surface area contributed by atoms with Crippen molar-refractivity contribution in [2.45, 2.75) is 138 Å². The lowest BCUT2D eigenvalue weighted by molar-refractivity contribution is -0.121. The van der Waals surface area contributed by atoms with Crippen LogP contribution in [0, 0.1) is 58.2 Å². The van der Waals surface area contributed by atoms with E-state index in [0.717, 1.165) is 54.8 Å². The van der Waals surface area contributed by atoms with Crippen molar-refractivity contribution in [2.75, 3.05) is 14.2 Å². The number of hydrogen-bond acceptors (Lipinski definition) is 8. The van der Waals surface area contributed by atoms with E-state index in [-0.39, 0.29) is 68.5 Å². The summed E-state index contributed by atoms with van der Waals surface area (Å²) in [5.74, 6) is 0.611. The Hall–Kier alpha value is -5.72. The molecule has 4 N–H and O–H groups in total. The Morgan fingerprint density at radius 1 is 0.636 bits per heavy atom. The molecule has 4 saturated carbocycles. The molecule has 0 amide bonds. The minimum Gasteiger partial charge on any atom is -0.495 e. The summed E-state index contributed by atoms with van der Waals surface area (Å²) >= 11 is 13.9. The number of allylic oxidation sites excluding steroid dienone is 1. The summed E-state index contributed by atoms with van der Waals surface area (Å²) in [6.07, 6.45) is 19.0. The van der Waals surface area contributed by atoms with Gasteiger partial charge in [0, 0.05) is 11.1 Å². The molecule has 4 fully saturated rings. The van der Waals surface area contributed by atoms with Crippen LogP contribution in [-0.4, -0.2) is 58.5 Å². The fourth-order valence-corrected chi connectivity index (χ4v) is 15.7. The first-order valence-electron chi connectivity index (χ1n) is 27.6. The molecule has 8 rings (SSSR count). The maximum absolute atomic E-state index is 13.1. The second kappa shape index (κ2) is 24.1. The molecule has 0 heterocycles. The number of fused-ring (bicyclic) bond motifs is 5. The van der Waals surface area contributed by atoms with Crippen molar-refractivity contribution >= 4 is 52.7 Å². The molecule has 414 valence electrons. The molecule has 4 aliphatic rings. The molecule has 0 aromatic heterocycles. The highest BCUT2D eigenvalue weighted by Crippen LogP contribution is 2.69. The molecule has 0 aliphatic heterocycles. The second-order valence-corrected chi connectivity index (χ2v) is 24.3. The quantitative estimate of drug-likeness (QED) is 0.0584. The summed E-state index contributed by atoms with van der Waals surface area (Å²) < 4.78 is 22.9. The van der Waals surface area contributed by atoms with Gasteiger partial charge in [-0.15, -0.1) is 0 Å². The Labute approximate surface area is 463 Å². The number of methoxy groups -OCH3 is 2. The zero-order chi connectivity index (χ0) is 55.5. The van der Waals surface area contributed by atoms with Gasteiger partial charge in [0.25, 0.3) is 0 Å². The van der Waals surface area contributed by atoms with Crippen LogP contribution in [0.4, 0.5) is 0 Å². The van der Waals surface area contributed by atoms with E-state index in [2.05, 4.69) is 34.6 Å². The molecule has 0 spiro atoms. The summed E-state index contributed by atoms with van der Waals surface area (Å²) in [4.78, 5) is 50.1. The number of carbonyl (C=O) groups is 4. The van der Waals surface area contributed by atoms with Crippen LogP contribution in [0.25, 0.3) is 5.57 Å². The molecule has 9 atom stereocenters. The summed E-state index contributed by atoms with van der Waals surface area (Å²) in [7, 11) is 2.67. The molecule has 14 heteroatoms. The van der Waals surface area contributed by atoms with Crippen LogP contribution in [0.15, 0.2) is 66.7 Å². The fourth-order valence-electron chi connectivity index (χ4n) is 15.1. The van der Waals surface area contributed by atoms with Crippen LogP contribution in [-0.2, 0) is 13.2 Å². The Kier molecular flexibility index (Phi) is 18.0. The fraction of sp³-hybridized carbons (Fsp3) is 0.524. The number of para-hydroxylation sites is 2. The van der Waals surface area contributed by atoms with E-state index < -0.39 is 23.9 Å². The molecule has 77 heavy (non-hydrogen) atoms. The molecular formula is C63H76Cl2O12. The number of carboxylic acid groups (broad SMARTS) is 4. The van der Waals surface area contributed by atoms with Crippen LogP contribution in [0.3, 0.4) is 0 Å². The van der Waals surface area contributed by atoms with E-state index in [0.29, 0.717) is 56.9 Å². The van der Waals surface area contributed by atoms with Gasteiger partial charge in [-0.2, -0.15) is 0 Å². The molecule has 4 aliphatic carbocycles. The van der Waals surface area contributed by atoms with Crippen LogP contribution >= 0.6 is 23.2 Å². The molecule has 5 unspecified atom stereocenters. The summed E-state index contributed by atoms with van der Waals surface area (Å²) in [5.41, 5.74) is 1.99. The van der Waals surface area contributed by atoms with Crippen molar-refractivity contribution in [2.24, 2.45) is 58.2 Å². The van der Waals surface area contributed by atoms with E-state index in [1.807, 2.05) is 6.08 Å². The van der Waals surface area contributed by atoms with E-state index in [1.165, 1.54) is 115 Å². The molecule has 12 nitrogen and oxygen atoms in total. The average Bonchev–Trinajstić information content (AvgIpc) is 3.82. The third kappa shape index (κ3) is 11.9. The highest BCUT2D eigenvalue weighted by molar-refractivity contribution is 6.33. The molecule has 0 saturated heterocycles. The maximum Gasteiger partial charge on any atom is 0.339 e. The molecule has 0 bridgehead atoms. The zero-order valence-corrected chi connectivity index (χ0v) is 47.1. The van der Waals surface area contributed by atoms with E-state index >= 15 is 0 Å². The number of halogens is 2. The van der Waals surface area contributed by atoms with Crippen molar-refractivity contribution in [3.63, 3.8) is 0 Å². The average molecular weight is 1100 g/mol. The van der Waals surface area contributed by atoms with Crippen molar-refractivity contribution in [1.82, 2.24) is 0 Å². The normalized spacial score (nSPS) is 24.9. The highest BCUT2D eigenvalue weighted by Gasteiger charge is 2.60. The lowest BCUT2D eigenvalue weighted by atomic mass is 9.44. The van der Waals surface area contributed by atoms with Crippen LogP contribution in [0.1, 0.15) is 188 Å². The van der Waals surface area contributed by atoms with Gasteiger partial charge in [-0.3, -0.25) is 0 Å². The van der Waals surface area contributed by atoms with Gasteiger partial charge in [-0.05, 0) is 182 Å². The van der Waals surface area contributed by atoms with Crippen LogP contribution in [0.5, 0.6) is 23.0 Å². The predicted octanol–water partition coefficient (Wildman–Crippen LogP) is 15.9. The number of carboxylic acids is 4.